The number of nitrogens with two attached hydrogens (primary N) is 2. The summed E-state index contributed by atoms with van der Waals surface area (Å²) in [5, 5.41) is 0. The van der Waals surface area contributed by atoms with Gasteiger partial charge in [-0.15, -0.1) is 0 Å². The lowest BCUT2D eigenvalue weighted by molar-refractivity contribution is 0.0995. The zero-order valence-electron chi connectivity index (χ0n) is 9.90. The second kappa shape index (κ2) is 5.34. The van der Waals surface area contributed by atoms with E-state index in [2.05, 4.69) is 0 Å². The predicted molar refractivity (Wildman–Crippen MR) is 63.8 cm³/mol. The summed E-state index contributed by atoms with van der Waals surface area (Å²) in [6.07, 6.45) is 0. The Morgan fingerprint density at radius 2 is 1.88 bits per heavy atom. The van der Waals surface area contributed by atoms with Gasteiger partial charge in [0.25, 0.3) is 5.91 Å². The van der Waals surface area contributed by atoms with E-state index in [1.54, 1.807) is 0 Å². The molecule has 0 spiro atoms. The summed E-state index contributed by atoms with van der Waals surface area (Å²) < 4.78 is 5.44. The number of hydrogen-bond donors (Lipinski definition) is 2. The highest BCUT2D eigenvalue weighted by molar-refractivity contribution is 6.00. The molecule has 0 fully saturated rings. The lowest BCUT2D eigenvalue weighted by atomic mass is 10.1. The highest BCUT2D eigenvalue weighted by Crippen LogP contribution is 2.20. The van der Waals surface area contributed by atoms with Crippen LogP contribution in [0.1, 0.15) is 34.6 Å². The fraction of sp³-hybridized carbons (Fsp3) is 0.333. The first kappa shape index (κ1) is 13.0. The monoisotopic (exact) mass is 236 g/mol. The zero-order valence-corrected chi connectivity index (χ0v) is 9.90. The number of hydrogen-bond acceptors (Lipinski definition) is 3. The van der Waals surface area contributed by atoms with Gasteiger partial charge in [0.15, 0.2) is 0 Å². The van der Waals surface area contributed by atoms with E-state index in [9.17, 15) is 9.59 Å². The largest absolute Gasteiger partial charge is 0.492 e. The number of ether oxygens (including phenoxy) is 1. The Morgan fingerprint density at radius 1 is 1.24 bits per heavy atom. The first-order chi connectivity index (χ1) is 7.91. The van der Waals surface area contributed by atoms with Crippen LogP contribution in [-0.2, 0) is 0 Å². The molecule has 0 aliphatic carbocycles. The van der Waals surface area contributed by atoms with Crippen LogP contribution in [0.25, 0.3) is 0 Å². The molecule has 0 saturated heterocycles. The van der Waals surface area contributed by atoms with E-state index in [1.807, 2.05) is 13.8 Å². The summed E-state index contributed by atoms with van der Waals surface area (Å²) in [6, 6.07) is 4.38. The first-order valence-corrected chi connectivity index (χ1v) is 5.28. The van der Waals surface area contributed by atoms with Gasteiger partial charge in [-0.2, -0.15) is 0 Å². The van der Waals surface area contributed by atoms with Gasteiger partial charge in [0.2, 0.25) is 5.91 Å². The minimum absolute atomic E-state index is 0.168. The molecular formula is C12H16N2O3. The molecule has 17 heavy (non-hydrogen) atoms. The summed E-state index contributed by atoms with van der Waals surface area (Å²) in [5.41, 5.74) is 10.7. The third-order valence-electron chi connectivity index (χ3n) is 2.10. The number of amides is 2. The average molecular weight is 236 g/mol. The van der Waals surface area contributed by atoms with Crippen LogP contribution < -0.4 is 16.2 Å². The minimum atomic E-state index is -0.646. The van der Waals surface area contributed by atoms with Crippen molar-refractivity contribution in [1.29, 1.82) is 0 Å². The van der Waals surface area contributed by atoms with Crippen molar-refractivity contribution < 1.29 is 14.3 Å². The number of benzene rings is 1. The van der Waals surface area contributed by atoms with Crippen molar-refractivity contribution in [2.45, 2.75) is 13.8 Å². The maximum absolute atomic E-state index is 11.2. The summed E-state index contributed by atoms with van der Waals surface area (Å²) in [7, 11) is 0. The summed E-state index contributed by atoms with van der Waals surface area (Å²) in [4.78, 5) is 22.2. The molecule has 0 saturated carbocycles. The van der Waals surface area contributed by atoms with Crippen molar-refractivity contribution in [3.8, 4) is 5.75 Å². The molecule has 0 unspecified atom stereocenters. The summed E-state index contributed by atoms with van der Waals surface area (Å²) in [5.74, 6) is -0.558. The van der Waals surface area contributed by atoms with Crippen LogP contribution in [0.5, 0.6) is 5.75 Å². The van der Waals surface area contributed by atoms with Gasteiger partial charge >= 0.3 is 0 Å². The number of rotatable bonds is 5. The highest BCUT2D eigenvalue weighted by atomic mass is 16.5. The summed E-state index contributed by atoms with van der Waals surface area (Å²) in [6.45, 7) is 4.44. The van der Waals surface area contributed by atoms with Crippen LogP contribution in [-0.4, -0.2) is 18.4 Å². The van der Waals surface area contributed by atoms with Crippen molar-refractivity contribution in [3.63, 3.8) is 0 Å². The molecule has 0 heterocycles. The molecular weight excluding hydrogens is 220 g/mol. The first-order valence-electron chi connectivity index (χ1n) is 5.28. The molecule has 5 nitrogen and oxygen atoms in total. The van der Waals surface area contributed by atoms with Gasteiger partial charge < -0.3 is 16.2 Å². The number of primary amides is 2. The Balaban J connectivity index is 3.04. The molecule has 0 aromatic heterocycles. The fourth-order valence-corrected chi connectivity index (χ4v) is 1.26. The van der Waals surface area contributed by atoms with E-state index >= 15 is 0 Å². The number of carbonyl (C=O) groups is 2. The molecule has 4 N–H and O–H groups in total. The second-order valence-electron chi connectivity index (χ2n) is 4.14. The van der Waals surface area contributed by atoms with Gasteiger partial charge in [0, 0.05) is 5.56 Å². The number of carbonyl (C=O) groups excluding carboxylic acids is 2. The van der Waals surface area contributed by atoms with Crippen molar-refractivity contribution in [1.82, 2.24) is 0 Å². The lowest BCUT2D eigenvalue weighted by Crippen LogP contribution is -2.17. The molecule has 0 aliphatic rings. The molecule has 0 aliphatic heterocycles. The van der Waals surface area contributed by atoms with Gasteiger partial charge in [-0.25, -0.2) is 0 Å². The fourth-order valence-electron chi connectivity index (χ4n) is 1.26. The Kier molecular flexibility index (Phi) is 4.09. The molecule has 5 heteroatoms. The molecule has 0 bridgehead atoms. The van der Waals surface area contributed by atoms with Crippen molar-refractivity contribution >= 4 is 11.8 Å². The van der Waals surface area contributed by atoms with E-state index in [-0.39, 0.29) is 11.1 Å². The van der Waals surface area contributed by atoms with E-state index in [4.69, 9.17) is 16.2 Å². The molecule has 1 rings (SSSR count). The maximum Gasteiger partial charge on any atom is 0.252 e. The van der Waals surface area contributed by atoms with Gasteiger partial charge in [-0.1, -0.05) is 13.8 Å². The molecule has 0 radical (unpaired) electrons. The van der Waals surface area contributed by atoms with E-state index in [1.165, 1.54) is 18.2 Å². The zero-order chi connectivity index (χ0) is 13.0. The van der Waals surface area contributed by atoms with Crippen LogP contribution in [0.15, 0.2) is 18.2 Å². The summed E-state index contributed by atoms with van der Waals surface area (Å²) >= 11 is 0. The normalized spacial score (nSPS) is 10.3. The van der Waals surface area contributed by atoms with Gasteiger partial charge in [0.1, 0.15) is 5.75 Å². The van der Waals surface area contributed by atoms with Crippen LogP contribution in [0.2, 0.25) is 0 Å². The Hall–Kier alpha value is -2.04. The topological polar surface area (TPSA) is 95.4 Å². The molecule has 0 atom stereocenters. The van der Waals surface area contributed by atoms with E-state index < -0.39 is 11.8 Å². The smallest absolute Gasteiger partial charge is 0.252 e. The third kappa shape index (κ3) is 3.48. The molecule has 1 aromatic rings. The van der Waals surface area contributed by atoms with Crippen LogP contribution in [0, 0.1) is 5.92 Å². The maximum atomic E-state index is 11.2. The standard InChI is InChI=1S/C12H16N2O3/c1-7(2)6-17-10-4-3-8(11(13)15)5-9(10)12(14)16/h3-5,7H,6H2,1-2H3,(H2,13,15)(H2,14,16). The van der Waals surface area contributed by atoms with Crippen LogP contribution >= 0.6 is 0 Å². The highest BCUT2D eigenvalue weighted by Gasteiger charge is 2.13. The molecule has 1 aromatic carbocycles. The van der Waals surface area contributed by atoms with Gasteiger partial charge in [0.05, 0.1) is 12.2 Å². The Morgan fingerprint density at radius 3 is 2.35 bits per heavy atom. The molecule has 2 amide bonds. The average Bonchev–Trinajstić information content (AvgIpc) is 2.25. The lowest BCUT2D eigenvalue weighted by Gasteiger charge is -2.12. The SMILES string of the molecule is CC(C)COc1ccc(C(N)=O)cc1C(N)=O. The quantitative estimate of drug-likeness (QED) is 0.795. The van der Waals surface area contributed by atoms with Gasteiger partial charge in [-0.05, 0) is 24.1 Å². The Bertz CT molecular complexity index is 441. The predicted octanol–water partition coefficient (Wildman–Crippen LogP) is 0.919. The van der Waals surface area contributed by atoms with E-state index in [0.717, 1.165) is 0 Å². The van der Waals surface area contributed by atoms with Crippen molar-refractivity contribution in [2.75, 3.05) is 6.61 Å². The van der Waals surface area contributed by atoms with Crippen LogP contribution in [0.3, 0.4) is 0 Å². The Labute approximate surface area is 99.7 Å². The van der Waals surface area contributed by atoms with E-state index in [0.29, 0.717) is 18.3 Å². The van der Waals surface area contributed by atoms with Crippen molar-refractivity contribution in [3.05, 3.63) is 29.3 Å². The second-order valence-corrected chi connectivity index (χ2v) is 4.14. The van der Waals surface area contributed by atoms with Crippen LogP contribution in [0.4, 0.5) is 0 Å². The minimum Gasteiger partial charge on any atom is -0.492 e. The third-order valence-corrected chi connectivity index (χ3v) is 2.10. The van der Waals surface area contributed by atoms with Crippen molar-refractivity contribution in [2.24, 2.45) is 17.4 Å². The molecule has 92 valence electrons. The van der Waals surface area contributed by atoms with Gasteiger partial charge in [-0.3, -0.25) is 9.59 Å².